The topological polar surface area (TPSA) is 56.7 Å². The summed E-state index contributed by atoms with van der Waals surface area (Å²) in [6.45, 7) is 0. The van der Waals surface area contributed by atoms with Crippen LogP contribution in [0.15, 0.2) is 174 Å². The molecule has 50 heavy (non-hydrogen) atoms. The van der Waals surface area contributed by atoms with E-state index in [4.69, 9.17) is 34.4 Å². The third-order valence-corrected chi connectivity index (χ3v) is 8.33. The lowest BCUT2D eigenvalue weighted by atomic mass is 10.0. The van der Waals surface area contributed by atoms with Crippen LogP contribution >= 0.6 is 0 Å². The third-order valence-electron chi connectivity index (χ3n) is 8.33. The number of furan rings is 1. The molecular formula is C45H28N4O. The van der Waals surface area contributed by atoms with E-state index in [0.29, 0.717) is 22.3 Å². The van der Waals surface area contributed by atoms with E-state index in [9.17, 15) is 6.85 Å². The van der Waals surface area contributed by atoms with Gasteiger partial charge in [-0.2, -0.15) is 0 Å². The summed E-state index contributed by atoms with van der Waals surface area (Å²) in [4.78, 5) is 14.3. The number of rotatable bonds is 5. The number of aromatic nitrogens is 4. The van der Waals surface area contributed by atoms with E-state index in [0.717, 1.165) is 15.3 Å². The fourth-order valence-electron chi connectivity index (χ4n) is 6.07. The average Bonchev–Trinajstić information content (AvgIpc) is 3.88. The zero-order chi connectivity index (χ0) is 46.9. The van der Waals surface area contributed by atoms with Gasteiger partial charge < -0.3 is 8.98 Å². The molecule has 0 aliphatic carbocycles. The highest BCUT2D eigenvalue weighted by molar-refractivity contribution is 6.11. The van der Waals surface area contributed by atoms with Crippen LogP contribution in [-0.2, 0) is 0 Å². The van der Waals surface area contributed by atoms with Crippen molar-refractivity contribution in [2.45, 2.75) is 0 Å². The zero-order valence-corrected chi connectivity index (χ0v) is 25.6. The van der Waals surface area contributed by atoms with Crippen molar-refractivity contribution in [3.8, 4) is 51.0 Å². The average molecular weight is 657 g/mol. The van der Waals surface area contributed by atoms with E-state index in [1.165, 1.54) is 0 Å². The van der Waals surface area contributed by atoms with Crippen LogP contribution in [0.3, 0.4) is 0 Å². The van der Waals surface area contributed by atoms with Crippen LogP contribution in [0.25, 0.3) is 94.7 Å². The number of nitrogens with zero attached hydrogens (tertiary/aromatic N) is 4. The Labute approximate surface area is 310 Å². The largest absolute Gasteiger partial charge is 0.456 e. The lowest BCUT2D eigenvalue weighted by Crippen LogP contribution is -2.01. The fourth-order valence-corrected chi connectivity index (χ4v) is 6.07. The Morgan fingerprint density at radius 2 is 1.14 bits per heavy atom. The Kier molecular flexibility index (Phi) is 3.76. The van der Waals surface area contributed by atoms with Crippen LogP contribution in [0, 0.1) is 0 Å². The van der Waals surface area contributed by atoms with Crippen LogP contribution < -0.4 is 0 Å². The van der Waals surface area contributed by atoms with Crippen molar-refractivity contribution in [2.24, 2.45) is 0 Å². The van der Waals surface area contributed by atoms with Gasteiger partial charge in [0.1, 0.15) is 11.2 Å². The predicted octanol–water partition coefficient (Wildman–Crippen LogP) is 11.5. The van der Waals surface area contributed by atoms with Gasteiger partial charge in [0.05, 0.1) is 38.7 Å². The molecule has 10 aromatic rings. The quantitative estimate of drug-likeness (QED) is 0.185. The van der Waals surface area contributed by atoms with Crippen LogP contribution in [0.4, 0.5) is 0 Å². The minimum absolute atomic E-state index is 0.0763. The second-order valence-corrected chi connectivity index (χ2v) is 11.2. The summed E-state index contributed by atoms with van der Waals surface area (Å²) >= 11 is 0. The van der Waals surface area contributed by atoms with Gasteiger partial charge in [-0.05, 0) is 41.9 Å². The summed E-state index contributed by atoms with van der Waals surface area (Å²) in [5.74, 6) is -0.106. The first-order valence-corrected chi connectivity index (χ1v) is 15.4. The molecule has 0 radical (unpaired) electrons. The molecule has 0 N–H and O–H groups in total. The smallest absolute Gasteiger partial charge is 0.164 e. The summed E-state index contributed by atoms with van der Waals surface area (Å²) in [5.41, 5.74) is -1.15. The molecule has 0 saturated heterocycles. The van der Waals surface area contributed by atoms with Gasteiger partial charge in [-0.15, -0.1) is 0 Å². The maximum atomic E-state index is 9.97. The third kappa shape index (κ3) is 4.60. The summed E-state index contributed by atoms with van der Waals surface area (Å²) in [5, 5.41) is 0.948. The van der Waals surface area contributed by atoms with Gasteiger partial charge in [-0.25, -0.2) is 15.0 Å². The van der Waals surface area contributed by atoms with Gasteiger partial charge in [0, 0.05) is 43.8 Å². The number of fused-ring (bicyclic) bond motifs is 6. The normalized spacial score (nSPS) is 16.1. The minimum Gasteiger partial charge on any atom is -0.456 e. The van der Waals surface area contributed by atoms with Crippen LogP contribution in [0.5, 0.6) is 0 Å². The molecule has 0 spiro atoms. The molecule has 0 aliphatic heterocycles. The van der Waals surface area contributed by atoms with E-state index in [-0.39, 0.29) is 33.8 Å². The van der Waals surface area contributed by atoms with Gasteiger partial charge in [0.15, 0.2) is 17.5 Å². The summed E-state index contributed by atoms with van der Waals surface area (Å²) in [6.07, 6.45) is 0. The molecule has 7 aromatic carbocycles. The maximum absolute atomic E-state index is 9.97. The van der Waals surface area contributed by atoms with Crippen molar-refractivity contribution in [3.63, 3.8) is 0 Å². The molecule has 0 amide bonds. The molecule has 0 bridgehead atoms. The second kappa shape index (κ2) is 11.4. The number of hydrogen-bond acceptors (Lipinski definition) is 4. The minimum atomic E-state index is -0.874. The standard InChI is InChI=1S/C45H28N4O/c1-3-13-29(14-4-1)33-17-7-10-20-38(33)49-39-21-11-8-18-34(39)35-25-23-31(27-40(35)49)44-46-43(30-15-5-2-6-16-30)47-45(48-44)32-24-26-37-36-19-9-12-22-41(36)50-42(37)28-32/h1-28H/i1D,3D,4D,7D,8D,10D,11D,13D,14D,17D,18D,20D,21D,23D,25D,27D. The lowest BCUT2D eigenvalue weighted by Gasteiger charge is -2.14. The summed E-state index contributed by atoms with van der Waals surface area (Å²) in [6, 6.07) is 9.04. The van der Waals surface area contributed by atoms with Gasteiger partial charge in [0.2, 0.25) is 0 Å². The highest BCUT2D eigenvalue weighted by Gasteiger charge is 2.19. The first kappa shape index (κ1) is 16.5. The van der Waals surface area contributed by atoms with Crippen molar-refractivity contribution in [2.75, 3.05) is 0 Å². The molecule has 5 nitrogen and oxygen atoms in total. The molecule has 3 aromatic heterocycles. The highest BCUT2D eigenvalue weighted by atomic mass is 16.3. The molecule has 3 heterocycles. The Balaban J connectivity index is 1.38. The van der Waals surface area contributed by atoms with Gasteiger partial charge in [0.25, 0.3) is 0 Å². The highest BCUT2D eigenvalue weighted by Crippen LogP contribution is 2.38. The second-order valence-electron chi connectivity index (χ2n) is 11.2. The number of hydrogen-bond donors (Lipinski definition) is 0. The van der Waals surface area contributed by atoms with Gasteiger partial charge in [-0.1, -0.05) is 133 Å². The molecule has 0 fully saturated rings. The molecule has 0 unspecified atom stereocenters. The lowest BCUT2D eigenvalue weighted by molar-refractivity contribution is 0.669. The number of para-hydroxylation sites is 3. The van der Waals surface area contributed by atoms with E-state index < -0.39 is 125 Å². The van der Waals surface area contributed by atoms with E-state index in [2.05, 4.69) is 0 Å². The van der Waals surface area contributed by atoms with Crippen molar-refractivity contribution in [1.82, 2.24) is 19.5 Å². The SMILES string of the molecule is [2H]c1c([2H])c([2H])c(-c2c([2H])c([2H])c([2H])c([2H])c2-n2c3c([2H])c([2H])c([2H])c([2H])c3c3c([2H])c([2H])c(-c4nc(-c5ccccc5)nc(-c5ccc6c(c5)oc5ccccc56)n4)c([2H])c32)c([2H])c1[2H]. The first-order valence-electron chi connectivity index (χ1n) is 23.4. The monoisotopic (exact) mass is 656 g/mol. The van der Waals surface area contributed by atoms with Crippen molar-refractivity contribution >= 4 is 43.7 Å². The molecule has 234 valence electrons. The molecule has 10 rings (SSSR count). The van der Waals surface area contributed by atoms with E-state index >= 15 is 0 Å². The van der Waals surface area contributed by atoms with Crippen LogP contribution in [0.2, 0.25) is 0 Å². The van der Waals surface area contributed by atoms with Gasteiger partial charge >= 0.3 is 0 Å². The van der Waals surface area contributed by atoms with Gasteiger partial charge in [-0.3, -0.25) is 0 Å². The first-order chi connectivity index (χ1) is 31.4. The Morgan fingerprint density at radius 1 is 0.460 bits per heavy atom. The molecule has 0 aliphatic rings. The predicted molar refractivity (Wildman–Crippen MR) is 203 cm³/mol. The van der Waals surface area contributed by atoms with E-state index in [1.807, 2.05) is 30.3 Å². The van der Waals surface area contributed by atoms with Crippen molar-refractivity contribution in [3.05, 3.63) is 169 Å². The fraction of sp³-hybridized carbons (Fsp3) is 0. The number of benzene rings is 7. The van der Waals surface area contributed by atoms with Crippen LogP contribution in [0.1, 0.15) is 21.9 Å². The summed E-state index contributed by atoms with van der Waals surface area (Å²) < 4.78 is 151. The molecule has 0 atom stereocenters. The Morgan fingerprint density at radius 3 is 2.02 bits per heavy atom. The molecular weight excluding hydrogens is 613 g/mol. The maximum Gasteiger partial charge on any atom is 0.164 e. The van der Waals surface area contributed by atoms with Crippen LogP contribution in [-0.4, -0.2) is 19.5 Å². The summed E-state index contributed by atoms with van der Waals surface area (Å²) in [7, 11) is 0. The zero-order valence-electron chi connectivity index (χ0n) is 41.6. The molecule has 5 heteroatoms. The van der Waals surface area contributed by atoms with Crippen molar-refractivity contribution in [1.29, 1.82) is 0 Å². The van der Waals surface area contributed by atoms with E-state index in [1.54, 1.807) is 42.5 Å². The Hall–Kier alpha value is -6.85. The Bertz CT molecular complexity index is 3770. The molecule has 0 saturated carbocycles. The van der Waals surface area contributed by atoms with Crippen molar-refractivity contribution < 1.29 is 26.3 Å².